The van der Waals surface area contributed by atoms with E-state index >= 15 is 0 Å². The van der Waals surface area contributed by atoms with Gasteiger partial charge in [0.15, 0.2) is 0 Å². The normalized spacial score (nSPS) is 15.0. The van der Waals surface area contributed by atoms with Gasteiger partial charge in [-0.05, 0) is 30.0 Å². The van der Waals surface area contributed by atoms with Crippen molar-refractivity contribution in [2.45, 2.75) is 63.7 Å². The molecule has 1 rings (SSSR count). The van der Waals surface area contributed by atoms with Crippen LogP contribution in [-0.2, 0) is 30.4 Å². The van der Waals surface area contributed by atoms with Crippen LogP contribution in [0.4, 0.5) is 0 Å². The zero-order valence-corrected chi connectivity index (χ0v) is 21.2. The van der Waals surface area contributed by atoms with Gasteiger partial charge in [0.1, 0.15) is 23.9 Å². The van der Waals surface area contributed by atoms with E-state index in [9.17, 15) is 34.2 Å². The Morgan fingerprint density at radius 2 is 1.47 bits per heavy atom. The molecular formula is C23H35N5O7S. The van der Waals surface area contributed by atoms with Gasteiger partial charge in [-0.15, -0.1) is 0 Å². The highest BCUT2D eigenvalue weighted by molar-refractivity contribution is 7.80. The number of carbonyl (C=O) groups excluding carboxylic acids is 4. The van der Waals surface area contributed by atoms with E-state index in [2.05, 4.69) is 28.6 Å². The van der Waals surface area contributed by atoms with Crippen molar-refractivity contribution in [2.75, 3.05) is 5.75 Å². The Bertz CT molecular complexity index is 928. The smallest absolute Gasteiger partial charge is 0.326 e. The largest absolute Gasteiger partial charge is 0.508 e. The number of aromatic hydroxyl groups is 1. The molecule has 0 radical (unpaired) electrons. The van der Waals surface area contributed by atoms with Crippen molar-refractivity contribution < 1.29 is 34.2 Å². The number of primary amides is 1. The number of benzene rings is 1. The molecule has 0 saturated carbocycles. The average Bonchev–Trinajstić information content (AvgIpc) is 2.84. The Labute approximate surface area is 215 Å². The van der Waals surface area contributed by atoms with Gasteiger partial charge < -0.3 is 37.6 Å². The van der Waals surface area contributed by atoms with Gasteiger partial charge in [-0.25, -0.2) is 4.79 Å². The topological polar surface area (TPSA) is 214 Å². The van der Waals surface area contributed by atoms with Gasteiger partial charge in [0.05, 0.1) is 6.04 Å². The Morgan fingerprint density at radius 3 is 1.97 bits per heavy atom. The van der Waals surface area contributed by atoms with Crippen LogP contribution < -0.4 is 27.4 Å². The maximum absolute atomic E-state index is 12.9. The summed E-state index contributed by atoms with van der Waals surface area (Å²) in [5.41, 5.74) is 11.6. The minimum Gasteiger partial charge on any atom is -0.508 e. The molecule has 200 valence electrons. The molecule has 5 atom stereocenters. The fourth-order valence-electron chi connectivity index (χ4n) is 3.14. The van der Waals surface area contributed by atoms with E-state index in [0.717, 1.165) is 0 Å². The van der Waals surface area contributed by atoms with Crippen LogP contribution in [0.15, 0.2) is 24.3 Å². The summed E-state index contributed by atoms with van der Waals surface area (Å²) in [5.74, 6) is -4.45. The van der Waals surface area contributed by atoms with Gasteiger partial charge in [0.25, 0.3) is 0 Å². The number of thiol groups is 1. The van der Waals surface area contributed by atoms with E-state index in [1.54, 1.807) is 6.92 Å². The molecule has 36 heavy (non-hydrogen) atoms. The molecule has 9 N–H and O–H groups in total. The lowest BCUT2D eigenvalue weighted by atomic mass is 9.99. The first-order valence-corrected chi connectivity index (χ1v) is 12.1. The van der Waals surface area contributed by atoms with Crippen LogP contribution in [0.2, 0.25) is 0 Å². The highest BCUT2D eigenvalue weighted by Crippen LogP contribution is 2.12. The highest BCUT2D eigenvalue weighted by Gasteiger charge is 2.30. The number of nitrogens with two attached hydrogens (primary N) is 2. The number of aliphatic carboxylic acids is 1. The number of phenols is 1. The number of carboxylic acids is 1. The molecule has 5 unspecified atom stereocenters. The number of carboxylic acid groups (broad SMARTS) is 1. The summed E-state index contributed by atoms with van der Waals surface area (Å²) in [4.78, 5) is 61.2. The second-order valence-electron chi connectivity index (χ2n) is 8.49. The Kier molecular flexibility index (Phi) is 12.7. The Morgan fingerprint density at radius 1 is 0.944 bits per heavy atom. The molecule has 0 bridgehead atoms. The third-order valence-electron chi connectivity index (χ3n) is 5.68. The maximum atomic E-state index is 12.9. The summed E-state index contributed by atoms with van der Waals surface area (Å²) in [5, 5.41) is 26.2. The molecule has 0 aliphatic rings. The molecule has 12 nitrogen and oxygen atoms in total. The Balaban J connectivity index is 2.96. The van der Waals surface area contributed by atoms with Crippen molar-refractivity contribution in [3.05, 3.63) is 29.8 Å². The molecule has 1 aromatic carbocycles. The third kappa shape index (κ3) is 10.1. The van der Waals surface area contributed by atoms with Crippen LogP contribution in [-0.4, -0.2) is 69.7 Å². The molecule has 4 amide bonds. The minimum atomic E-state index is -1.36. The minimum absolute atomic E-state index is 0.000156. The first kappa shape index (κ1) is 30.7. The van der Waals surface area contributed by atoms with Gasteiger partial charge in [-0.3, -0.25) is 19.2 Å². The van der Waals surface area contributed by atoms with Gasteiger partial charge in [-0.1, -0.05) is 32.4 Å². The molecule has 0 aliphatic carbocycles. The van der Waals surface area contributed by atoms with Crippen molar-refractivity contribution >= 4 is 42.2 Å². The number of nitrogens with one attached hydrogen (secondary N) is 3. The van der Waals surface area contributed by atoms with Crippen molar-refractivity contribution in [3.8, 4) is 5.75 Å². The van der Waals surface area contributed by atoms with Gasteiger partial charge in [0, 0.05) is 18.6 Å². The van der Waals surface area contributed by atoms with Crippen LogP contribution in [0, 0.1) is 5.92 Å². The standard InChI is InChI=1S/C23H35N5O7S/c1-3-12(2)19(25)22(33)28-17(11-36)21(32)26-15(8-9-18(24)30)20(31)27-16(23(34)35)10-13-4-6-14(29)7-5-13/h4-7,12,15-17,19,29,36H,3,8-11,25H2,1-2H3,(H2,24,30)(H,26,32)(H,27,31)(H,28,33)(H,34,35). The lowest BCUT2D eigenvalue weighted by Crippen LogP contribution is -2.58. The SMILES string of the molecule is CCC(C)C(N)C(=O)NC(CS)C(=O)NC(CCC(N)=O)C(=O)NC(Cc1ccc(O)cc1)C(=O)O. The maximum Gasteiger partial charge on any atom is 0.326 e. The summed E-state index contributed by atoms with van der Waals surface area (Å²) in [6.07, 6.45) is 0.0974. The number of hydrogen-bond donors (Lipinski definition) is 8. The quantitative estimate of drug-likeness (QED) is 0.133. The summed E-state index contributed by atoms with van der Waals surface area (Å²) in [6, 6.07) is 1.12. The predicted molar refractivity (Wildman–Crippen MR) is 135 cm³/mol. The van der Waals surface area contributed by atoms with Crippen molar-refractivity contribution in [3.63, 3.8) is 0 Å². The second-order valence-corrected chi connectivity index (χ2v) is 8.86. The van der Waals surface area contributed by atoms with Crippen LogP contribution in [0.1, 0.15) is 38.7 Å². The number of rotatable bonds is 15. The van der Waals surface area contributed by atoms with Crippen molar-refractivity contribution in [1.29, 1.82) is 0 Å². The number of carbonyl (C=O) groups is 5. The molecule has 0 saturated heterocycles. The lowest BCUT2D eigenvalue weighted by molar-refractivity contribution is -0.142. The monoisotopic (exact) mass is 525 g/mol. The van der Waals surface area contributed by atoms with Crippen LogP contribution in [0.5, 0.6) is 5.75 Å². The molecule has 0 heterocycles. The molecule has 0 fully saturated rings. The Hall–Kier alpha value is -3.32. The molecule has 1 aromatic rings. The average molecular weight is 526 g/mol. The highest BCUT2D eigenvalue weighted by atomic mass is 32.1. The van der Waals surface area contributed by atoms with Gasteiger partial charge in [-0.2, -0.15) is 12.6 Å². The summed E-state index contributed by atoms with van der Waals surface area (Å²) >= 11 is 4.09. The van der Waals surface area contributed by atoms with Crippen molar-refractivity contribution in [2.24, 2.45) is 17.4 Å². The van der Waals surface area contributed by atoms with E-state index < -0.39 is 53.8 Å². The first-order chi connectivity index (χ1) is 16.9. The van der Waals surface area contributed by atoms with Gasteiger partial charge >= 0.3 is 5.97 Å². The summed E-state index contributed by atoms with van der Waals surface area (Å²) < 4.78 is 0. The number of phenolic OH excluding ortho intramolecular Hbond substituents is 1. The van der Waals surface area contributed by atoms with E-state index in [-0.39, 0.29) is 36.7 Å². The van der Waals surface area contributed by atoms with E-state index in [4.69, 9.17) is 11.5 Å². The molecule has 0 spiro atoms. The molecule has 0 aliphatic heterocycles. The predicted octanol–water partition coefficient (Wildman–Crippen LogP) is -0.958. The van der Waals surface area contributed by atoms with Gasteiger partial charge in [0.2, 0.25) is 23.6 Å². The van der Waals surface area contributed by atoms with Crippen LogP contribution in [0.3, 0.4) is 0 Å². The number of amides is 4. The van der Waals surface area contributed by atoms with E-state index in [1.165, 1.54) is 24.3 Å². The number of hydrogen-bond acceptors (Lipinski definition) is 8. The first-order valence-electron chi connectivity index (χ1n) is 11.5. The molecule has 13 heteroatoms. The zero-order chi connectivity index (χ0) is 27.4. The van der Waals surface area contributed by atoms with E-state index in [1.807, 2.05) is 6.92 Å². The fourth-order valence-corrected chi connectivity index (χ4v) is 3.40. The fraction of sp³-hybridized carbons (Fsp3) is 0.522. The van der Waals surface area contributed by atoms with Crippen LogP contribution >= 0.6 is 12.6 Å². The van der Waals surface area contributed by atoms with Crippen LogP contribution in [0.25, 0.3) is 0 Å². The summed E-state index contributed by atoms with van der Waals surface area (Å²) in [7, 11) is 0. The molecule has 0 aromatic heterocycles. The third-order valence-corrected chi connectivity index (χ3v) is 6.04. The lowest BCUT2D eigenvalue weighted by Gasteiger charge is -2.25. The summed E-state index contributed by atoms with van der Waals surface area (Å²) in [6.45, 7) is 3.66. The molecular weight excluding hydrogens is 490 g/mol. The van der Waals surface area contributed by atoms with Crippen molar-refractivity contribution in [1.82, 2.24) is 16.0 Å². The zero-order valence-electron chi connectivity index (χ0n) is 20.3. The second kappa shape index (κ2) is 14.9. The van der Waals surface area contributed by atoms with E-state index in [0.29, 0.717) is 12.0 Å².